The van der Waals surface area contributed by atoms with E-state index in [9.17, 15) is 9.18 Å². The average molecular weight is 341 g/mol. The third-order valence-corrected chi connectivity index (χ3v) is 4.74. The Hall–Kier alpha value is -2.43. The second kappa shape index (κ2) is 6.82. The van der Waals surface area contributed by atoms with Gasteiger partial charge in [0, 0.05) is 31.4 Å². The van der Waals surface area contributed by atoms with Gasteiger partial charge in [-0.15, -0.1) is 6.58 Å². The highest BCUT2D eigenvalue weighted by Gasteiger charge is 2.44. The van der Waals surface area contributed by atoms with Gasteiger partial charge < -0.3 is 9.80 Å². The molecule has 4 nitrogen and oxygen atoms in total. The van der Waals surface area contributed by atoms with Crippen LogP contribution in [-0.4, -0.2) is 48.1 Å². The number of likely N-dealkylation sites (N-methyl/N-ethyl adjacent to an activating group) is 1. The molecule has 1 aromatic carbocycles. The lowest BCUT2D eigenvalue weighted by atomic mass is 9.90. The van der Waals surface area contributed by atoms with Crippen LogP contribution in [0.25, 0.3) is 0 Å². The molecule has 2 heterocycles. The van der Waals surface area contributed by atoms with Gasteiger partial charge in [0.15, 0.2) is 0 Å². The minimum Gasteiger partial charge on any atom is -0.368 e. The zero-order valence-electron chi connectivity index (χ0n) is 15.0. The Morgan fingerprint density at radius 2 is 2.04 bits per heavy atom. The molecule has 1 amide bonds. The van der Waals surface area contributed by atoms with E-state index in [1.54, 1.807) is 23.1 Å². The number of hydrogen-bond acceptors (Lipinski definition) is 3. The number of rotatable bonds is 4. The van der Waals surface area contributed by atoms with Crippen LogP contribution >= 0.6 is 0 Å². The minimum atomic E-state index is -0.284. The number of amides is 1. The lowest BCUT2D eigenvalue weighted by Gasteiger charge is -2.28. The van der Waals surface area contributed by atoms with Crippen molar-refractivity contribution >= 4 is 11.6 Å². The van der Waals surface area contributed by atoms with Gasteiger partial charge in [0.1, 0.15) is 11.5 Å². The van der Waals surface area contributed by atoms with Crippen molar-refractivity contribution in [2.45, 2.75) is 19.9 Å². The second-order valence-corrected chi connectivity index (χ2v) is 6.81. The van der Waals surface area contributed by atoms with Crippen LogP contribution in [0.15, 0.2) is 53.2 Å². The number of halogens is 1. The maximum atomic E-state index is 13.4. The van der Waals surface area contributed by atoms with Gasteiger partial charge in [0.2, 0.25) is 0 Å². The highest BCUT2D eigenvalue weighted by molar-refractivity contribution is 6.13. The molecule has 3 rings (SSSR count). The molecular weight excluding hydrogens is 317 g/mol. The Bertz CT molecular complexity index is 749. The zero-order chi connectivity index (χ0) is 18.1. The first-order valence-corrected chi connectivity index (χ1v) is 8.63. The molecule has 0 fully saturated rings. The van der Waals surface area contributed by atoms with E-state index < -0.39 is 0 Å². The van der Waals surface area contributed by atoms with Crippen molar-refractivity contribution in [1.29, 1.82) is 0 Å². The lowest BCUT2D eigenvalue weighted by Crippen LogP contribution is -2.34. The van der Waals surface area contributed by atoms with Crippen LogP contribution in [0.1, 0.15) is 25.5 Å². The predicted octanol–water partition coefficient (Wildman–Crippen LogP) is 3.19. The fraction of sp³-hybridized carbons (Fsp3) is 0.400. The summed E-state index contributed by atoms with van der Waals surface area (Å²) in [5.41, 5.74) is 3.52. The fourth-order valence-electron chi connectivity index (χ4n) is 3.61. The SMILES string of the molecule is C=CCN1C(=O)C2=C(C(C(C)C)=NCCN2C)C1c1ccc(F)cc1. The third-order valence-electron chi connectivity index (χ3n) is 4.74. The second-order valence-electron chi connectivity index (χ2n) is 6.81. The first-order valence-electron chi connectivity index (χ1n) is 8.63. The third kappa shape index (κ3) is 2.99. The Morgan fingerprint density at radius 3 is 2.64 bits per heavy atom. The summed E-state index contributed by atoms with van der Waals surface area (Å²) in [4.78, 5) is 21.7. The van der Waals surface area contributed by atoms with Gasteiger partial charge in [0.05, 0.1) is 12.6 Å². The van der Waals surface area contributed by atoms with E-state index in [1.807, 2.05) is 11.9 Å². The van der Waals surface area contributed by atoms with E-state index in [-0.39, 0.29) is 23.7 Å². The maximum Gasteiger partial charge on any atom is 0.271 e. The van der Waals surface area contributed by atoms with Crippen LogP contribution in [0.5, 0.6) is 0 Å². The summed E-state index contributed by atoms with van der Waals surface area (Å²) in [7, 11) is 1.94. The summed E-state index contributed by atoms with van der Waals surface area (Å²) in [6, 6.07) is 6.13. The monoisotopic (exact) mass is 341 g/mol. The largest absolute Gasteiger partial charge is 0.368 e. The van der Waals surface area contributed by atoms with E-state index in [1.165, 1.54) is 12.1 Å². The van der Waals surface area contributed by atoms with Crippen molar-refractivity contribution in [1.82, 2.24) is 9.80 Å². The molecule has 2 aliphatic rings. The number of aliphatic imine (C=N–C) groups is 1. The Kier molecular flexibility index (Phi) is 4.75. The molecule has 0 saturated carbocycles. The van der Waals surface area contributed by atoms with Gasteiger partial charge in [-0.3, -0.25) is 9.79 Å². The number of nitrogens with zero attached hydrogens (tertiary/aromatic N) is 3. The molecular formula is C20H24FN3O. The van der Waals surface area contributed by atoms with E-state index in [0.717, 1.165) is 16.8 Å². The molecule has 25 heavy (non-hydrogen) atoms. The van der Waals surface area contributed by atoms with Crippen molar-refractivity contribution < 1.29 is 9.18 Å². The summed E-state index contributed by atoms with van der Waals surface area (Å²) in [6.45, 7) is 9.80. The predicted molar refractivity (Wildman–Crippen MR) is 97.8 cm³/mol. The number of carbonyl (C=O) groups excluding carboxylic acids is 1. The number of carbonyl (C=O) groups is 1. The Balaban J connectivity index is 2.20. The van der Waals surface area contributed by atoms with E-state index in [4.69, 9.17) is 4.99 Å². The molecule has 0 saturated heterocycles. The first kappa shape index (κ1) is 17.4. The summed E-state index contributed by atoms with van der Waals surface area (Å²) in [6.07, 6.45) is 1.73. The van der Waals surface area contributed by atoms with Crippen molar-refractivity contribution in [3.63, 3.8) is 0 Å². The van der Waals surface area contributed by atoms with Crippen molar-refractivity contribution in [3.05, 3.63) is 59.6 Å². The Morgan fingerprint density at radius 1 is 1.36 bits per heavy atom. The van der Waals surface area contributed by atoms with E-state index >= 15 is 0 Å². The van der Waals surface area contributed by atoms with Crippen molar-refractivity contribution in [2.24, 2.45) is 10.9 Å². The van der Waals surface area contributed by atoms with E-state index in [2.05, 4.69) is 20.4 Å². The number of benzene rings is 1. The molecule has 1 atom stereocenters. The molecule has 1 unspecified atom stereocenters. The highest BCUT2D eigenvalue weighted by Crippen LogP contribution is 2.41. The topological polar surface area (TPSA) is 35.9 Å². The lowest BCUT2D eigenvalue weighted by molar-refractivity contribution is -0.127. The molecule has 0 spiro atoms. The fourth-order valence-corrected chi connectivity index (χ4v) is 3.61. The van der Waals surface area contributed by atoms with Crippen LogP contribution < -0.4 is 0 Å². The summed E-state index contributed by atoms with van der Waals surface area (Å²) >= 11 is 0. The molecule has 2 aliphatic heterocycles. The summed E-state index contributed by atoms with van der Waals surface area (Å²) in [5.74, 6) is -0.0915. The van der Waals surface area contributed by atoms with Crippen LogP contribution in [-0.2, 0) is 4.79 Å². The van der Waals surface area contributed by atoms with Gasteiger partial charge in [-0.05, 0) is 23.6 Å². The molecule has 0 bridgehead atoms. The standard InChI is InChI=1S/C20H24FN3O/c1-5-11-24-18(14-6-8-15(21)9-7-14)16-17(13(2)3)22-10-12-23(4)19(16)20(24)25/h5-9,13,18H,1,10-12H2,2-4H3. The molecule has 0 radical (unpaired) electrons. The van der Waals surface area contributed by atoms with Crippen LogP contribution in [0.2, 0.25) is 0 Å². The highest BCUT2D eigenvalue weighted by atomic mass is 19.1. The number of hydrogen-bond donors (Lipinski definition) is 0. The van der Waals surface area contributed by atoms with Crippen molar-refractivity contribution in [2.75, 3.05) is 26.7 Å². The zero-order valence-corrected chi connectivity index (χ0v) is 15.0. The Labute approximate surface area is 148 Å². The van der Waals surface area contributed by atoms with Gasteiger partial charge in [0.25, 0.3) is 5.91 Å². The first-order chi connectivity index (χ1) is 12.0. The van der Waals surface area contributed by atoms with Gasteiger partial charge >= 0.3 is 0 Å². The molecule has 1 aromatic rings. The van der Waals surface area contributed by atoms with Crippen LogP contribution in [0, 0.1) is 11.7 Å². The maximum absolute atomic E-state index is 13.4. The van der Waals surface area contributed by atoms with E-state index in [0.29, 0.717) is 25.3 Å². The van der Waals surface area contributed by atoms with Crippen LogP contribution in [0.4, 0.5) is 4.39 Å². The average Bonchev–Trinajstić information content (AvgIpc) is 2.73. The quantitative estimate of drug-likeness (QED) is 0.789. The molecule has 0 aliphatic carbocycles. The smallest absolute Gasteiger partial charge is 0.271 e. The van der Waals surface area contributed by atoms with Gasteiger partial charge in [-0.2, -0.15) is 0 Å². The normalized spacial score (nSPS) is 20.8. The van der Waals surface area contributed by atoms with Gasteiger partial charge in [-0.25, -0.2) is 4.39 Å². The van der Waals surface area contributed by atoms with Crippen molar-refractivity contribution in [3.8, 4) is 0 Å². The van der Waals surface area contributed by atoms with Crippen LogP contribution in [0.3, 0.4) is 0 Å². The molecule has 0 N–H and O–H groups in total. The molecule has 132 valence electrons. The molecule has 0 aromatic heterocycles. The van der Waals surface area contributed by atoms with Gasteiger partial charge in [-0.1, -0.05) is 32.1 Å². The minimum absolute atomic E-state index is 0.0121. The summed E-state index contributed by atoms with van der Waals surface area (Å²) < 4.78 is 13.4. The molecule has 5 heteroatoms. The summed E-state index contributed by atoms with van der Waals surface area (Å²) in [5, 5.41) is 0.